The molecule has 1 amide bonds. The predicted octanol–water partition coefficient (Wildman–Crippen LogP) is 2.24. The van der Waals surface area contributed by atoms with E-state index >= 15 is 0 Å². The van der Waals surface area contributed by atoms with E-state index in [9.17, 15) is 27.7 Å². The number of benzene rings is 2. The summed E-state index contributed by atoms with van der Waals surface area (Å²) in [5.74, 6) is -1.61. The summed E-state index contributed by atoms with van der Waals surface area (Å²) in [4.78, 5) is 22.1. The summed E-state index contributed by atoms with van der Waals surface area (Å²) >= 11 is 0. The fourth-order valence-corrected chi connectivity index (χ4v) is 3.68. The second kappa shape index (κ2) is 7.43. The van der Waals surface area contributed by atoms with Crippen LogP contribution in [0.3, 0.4) is 0 Å². The summed E-state index contributed by atoms with van der Waals surface area (Å²) in [6.07, 6.45) is 0.166. The van der Waals surface area contributed by atoms with E-state index in [1.54, 1.807) is 0 Å². The van der Waals surface area contributed by atoms with Crippen LogP contribution >= 0.6 is 0 Å². The van der Waals surface area contributed by atoms with Crippen molar-refractivity contribution >= 4 is 27.3 Å². The average Bonchev–Trinajstić information content (AvgIpc) is 3.43. The molecule has 9 nitrogen and oxygen atoms in total. The van der Waals surface area contributed by atoms with E-state index in [1.807, 2.05) is 0 Å². The lowest BCUT2D eigenvalue weighted by Crippen LogP contribution is -2.19. The van der Waals surface area contributed by atoms with Crippen LogP contribution in [0.5, 0.6) is 5.75 Å². The van der Waals surface area contributed by atoms with Crippen molar-refractivity contribution in [1.29, 1.82) is 0 Å². The maximum atomic E-state index is 13.0. The van der Waals surface area contributed by atoms with Crippen molar-refractivity contribution in [3.8, 4) is 5.75 Å². The molecule has 0 bridgehead atoms. The zero-order valence-electron chi connectivity index (χ0n) is 14.6. The number of amides is 1. The van der Waals surface area contributed by atoms with Gasteiger partial charge in [0.25, 0.3) is 10.0 Å². The van der Waals surface area contributed by atoms with Crippen LogP contribution in [0, 0.1) is 21.8 Å². The summed E-state index contributed by atoms with van der Waals surface area (Å²) in [7, 11) is -2.69. The molecule has 2 aromatic rings. The number of nitro groups is 1. The van der Waals surface area contributed by atoms with Gasteiger partial charge in [0.15, 0.2) is 0 Å². The molecule has 148 valence electrons. The molecule has 1 aliphatic rings. The number of carbonyl (C=O) groups excluding carboxylic acids is 1. The van der Waals surface area contributed by atoms with Crippen molar-refractivity contribution in [2.24, 2.45) is 5.92 Å². The first-order chi connectivity index (χ1) is 13.2. The summed E-state index contributed by atoms with van der Waals surface area (Å²) in [5, 5.41) is 13.2. The number of hydrogen-bond donors (Lipinski definition) is 2. The van der Waals surface area contributed by atoms with Crippen LogP contribution in [0.15, 0.2) is 47.4 Å². The molecule has 1 aliphatic carbocycles. The van der Waals surface area contributed by atoms with Crippen LogP contribution in [0.4, 0.5) is 15.8 Å². The molecule has 1 saturated carbocycles. The number of anilines is 2. The summed E-state index contributed by atoms with van der Waals surface area (Å²) in [5.41, 5.74) is 0.294. The molecule has 2 N–H and O–H groups in total. The zero-order valence-corrected chi connectivity index (χ0v) is 15.4. The van der Waals surface area contributed by atoms with E-state index in [-0.39, 0.29) is 28.4 Å². The summed E-state index contributed by atoms with van der Waals surface area (Å²) in [6, 6.07) is 7.62. The Morgan fingerprint density at radius 1 is 1.25 bits per heavy atom. The van der Waals surface area contributed by atoms with E-state index in [2.05, 4.69) is 10.0 Å². The molecule has 2 atom stereocenters. The highest BCUT2D eigenvalue weighted by Gasteiger charge is 2.53. The van der Waals surface area contributed by atoms with Crippen molar-refractivity contribution in [2.45, 2.75) is 17.4 Å². The van der Waals surface area contributed by atoms with Crippen LogP contribution in [0.1, 0.15) is 6.42 Å². The fourth-order valence-electron chi connectivity index (χ4n) is 2.61. The topological polar surface area (TPSA) is 128 Å². The Hall–Kier alpha value is -3.21. The fraction of sp³-hybridized carbons (Fsp3) is 0.235. The number of hydrogen-bond acceptors (Lipinski definition) is 6. The standard InChI is InChI=1S/C17H16FN3O6S/c1-27-16-7-4-11(19-17(22)13-9-15(13)21(23)24)8-14(16)20-28(25,26)12-5-2-10(18)3-6-12/h2-8,13,15,20H,9H2,1H3,(H,19,22)/t13-,15-/m0/s1. The summed E-state index contributed by atoms with van der Waals surface area (Å²) < 4.78 is 45.5. The van der Waals surface area contributed by atoms with Crippen LogP contribution < -0.4 is 14.8 Å². The molecule has 0 aromatic heterocycles. The van der Waals surface area contributed by atoms with Gasteiger partial charge in [-0.15, -0.1) is 0 Å². The van der Waals surface area contributed by atoms with E-state index in [0.29, 0.717) is 0 Å². The van der Waals surface area contributed by atoms with Gasteiger partial charge in [0, 0.05) is 17.0 Å². The Morgan fingerprint density at radius 2 is 1.93 bits per heavy atom. The Morgan fingerprint density at radius 3 is 2.50 bits per heavy atom. The Balaban J connectivity index is 1.80. The lowest BCUT2D eigenvalue weighted by Gasteiger charge is -2.14. The molecule has 0 unspecified atom stereocenters. The lowest BCUT2D eigenvalue weighted by molar-refractivity contribution is -0.497. The maximum absolute atomic E-state index is 13.0. The van der Waals surface area contributed by atoms with Crippen molar-refractivity contribution in [3.63, 3.8) is 0 Å². The highest BCUT2D eigenvalue weighted by molar-refractivity contribution is 7.92. The second-order valence-corrected chi connectivity index (χ2v) is 7.84. The number of halogens is 1. The molecule has 0 aliphatic heterocycles. The normalized spacial score (nSPS) is 18.2. The first kappa shape index (κ1) is 19.5. The molecule has 2 aromatic carbocycles. The van der Waals surface area contributed by atoms with Crippen LogP contribution in [-0.4, -0.2) is 32.4 Å². The van der Waals surface area contributed by atoms with Gasteiger partial charge in [-0.05, 0) is 42.5 Å². The molecule has 1 fully saturated rings. The average molecular weight is 409 g/mol. The van der Waals surface area contributed by atoms with Gasteiger partial charge in [-0.1, -0.05) is 0 Å². The van der Waals surface area contributed by atoms with Crippen molar-refractivity contribution < 1.29 is 27.3 Å². The minimum Gasteiger partial charge on any atom is -0.495 e. The van der Waals surface area contributed by atoms with Gasteiger partial charge in [-0.3, -0.25) is 19.6 Å². The number of sulfonamides is 1. The number of nitrogens with zero attached hydrogens (tertiary/aromatic N) is 1. The van der Waals surface area contributed by atoms with Gasteiger partial charge < -0.3 is 10.1 Å². The smallest absolute Gasteiger partial charge is 0.262 e. The largest absolute Gasteiger partial charge is 0.495 e. The van der Waals surface area contributed by atoms with Gasteiger partial charge in [0.05, 0.1) is 17.7 Å². The van der Waals surface area contributed by atoms with Crippen molar-refractivity contribution in [3.05, 3.63) is 58.4 Å². The van der Waals surface area contributed by atoms with E-state index in [1.165, 1.54) is 25.3 Å². The number of rotatable bonds is 7. The molecule has 3 rings (SSSR count). The maximum Gasteiger partial charge on any atom is 0.262 e. The quantitative estimate of drug-likeness (QED) is 0.533. The highest BCUT2D eigenvalue weighted by atomic mass is 32.2. The zero-order chi connectivity index (χ0) is 20.5. The van der Waals surface area contributed by atoms with Gasteiger partial charge in [-0.2, -0.15) is 0 Å². The lowest BCUT2D eigenvalue weighted by atomic mass is 10.2. The molecule has 11 heteroatoms. The molecular weight excluding hydrogens is 393 g/mol. The first-order valence-corrected chi connectivity index (χ1v) is 9.60. The minimum atomic E-state index is -4.03. The molecule has 0 radical (unpaired) electrons. The Kier molecular flexibility index (Phi) is 5.18. The predicted molar refractivity (Wildman–Crippen MR) is 97.7 cm³/mol. The summed E-state index contributed by atoms with van der Waals surface area (Å²) in [6.45, 7) is 0. The third-order valence-corrected chi connectivity index (χ3v) is 5.58. The van der Waals surface area contributed by atoms with Crippen molar-refractivity contribution in [2.75, 3.05) is 17.1 Å². The van der Waals surface area contributed by atoms with Crippen LogP contribution in [-0.2, 0) is 14.8 Å². The Labute approximate surface area is 159 Å². The minimum absolute atomic E-state index is 0.0475. The monoisotopic (exact) mass is 409 g/mol. The number of ether oxygens (including phenoxy) is 1. The third-order valence-electron chi connectivity index (χ3n) is 4.20. The van der Waals surface area contributed by atoms with E-state index < -0.39 is 38.6 Å². The number of nitrogens with one attached hydrogen (secondary N) is 2. The SMILES string of the molecule is COc1ccc(NC(=O)[C@H]2C[C@@H]2[N+](=O)[O-])cc1NS(=O)(=O)c1ccc(F)cc1. The molecular formula is C17H16FN3O6S. The van der Waals surface area contributed by atoms with Crippen LogP contribution in [0.2, 0.25) is 0 Å². The molecule has 0 spiro atoms. The van der Waals surface area contributed by atoms with Gasteiger partial charge >= 0.3 is 0 Å². The molecule has 0 heterocycles. The molecule has 28 heavy (non-hydrogen) atoms. The van der Waals surface area contributed by atoms with E-state index in [4.69, 9.17) is 4.74 Å². The first-order valence-electron chi connectivity index (χ1n) is 8.12. The number of carbonyl (C=O) groups is 1. The van der Waals surface area contributed by atoms with Gasteiger partial charge in [0.1, 0.15) is 17.5 Å². The third kappa shape index (κ3) is 4.19. The van der Waals surface area contributed by atoms with Crippen molar-refractivity contribution in [1.82, 2.24) is 0 Å². The van der Waals surface area contributed by atoms with Gasteiger partial charge in [-0.25, -0.2) is 12.8 Å². The molecule has 0 saturated heterocycles. The van der Waals surface area contributed by atoms with E-state index in [0.717, 1.165) is 24.3 Å². The van der Waals surface area contributed by atoms with Gasteiger partial charge in [0.2, 0.25) is 11.9 Å². The number of methoxy groups -OCH3 is 1. The Bertz CT molecular complexity index is 1030. The highest BCUT2D eigenvalue weighted by Crippen LogP contribution is 2.35. The second-order valence-electron chi connectivity index (χ2n) is 6.16. The van der Waals surface area contributed by atoms with Crippen LogP contribution in [0.25, 0.3) is 0 Å².